The number of aromatic nitrogens is 5. The summed E-state index contributed by atoms with van der Waals surface area (Å²) in [5.74, 6) is 0.645. The van der Waals surface area contributed by atoms with Gasteiger partial charge in [0.25, 0.3) is 0 Å². The van der Waals surface area contributed by atoms with Crippen LogP contribution in [0, 0.1) is 0 Å². The molecule has 0 radical (unpaired) electrons. The van der Waals surface area contributed by atoms with Gasteiger partial charge in [0.2, 0.25) is 11.1 Å². The number of anilines is 1. The highest BCUT2D eigenvalue weighted by Crippen LogP contribution is 2.26. The predicted molar refractivity (Wildman–Crippen MR) is 107 cm³/mol. The lowest BCUT2D eigenvalue weighted by Gasteiger charge is -2.10. The van der Waals surface area contributed by atoms with E-state index in [0.29, 0.717) is 16.6 Å². The Balaban J connectivity index is 1.48. The van der Waals surface area contributed by atoms with Gasteiger partial charge in [0, 0.05) is 11.6 Å². The summed E-state index contributed by atoms with van der Waals surface area (Å²) < 4.78 is 6.91. The first-order valence-corrected chi connectivity index (χ1v) is 9.43. The zero-order valence-corrected chi connectivity index (χ0v) is 15.8. The number of carbonyl (C=O) groups is 1. The van der Waals surface area contributed by atoms with Crippen LogP contribution in [-0.2, 0) is 4.79 Å². The van der Waals surface area contributed by atoms with Gasteiger partial charge in [-0.3, -0.25) is 9.78 Å². The molecule has 2 aromatic carbocycles. The van der Waals surface area contributed by atoms with E-state index in [4.69, 9.17) is 4.74 Å². The maximum absolute atomic E-state index is 12.5. The molecule has 8 nitrogen and oxygen atoms in total. The van der Waals surface area contributed by atoms with Crippen molar-refractivity contribution in [1.82, 2.24) is 25.2 Å². The van der Waals surface area contributed by atoms with Crippen LogP contribution in [0.5, 0.6) is 5.75 Å². The molecular weight excluding hydrogens is 376 g/mol. The minimum Gasteiger partial charge on any atom is -0.494 e. The molecule has 0 unspecified atom stereocenters. The number of rotatable bonds is 6. The van der Waals surface area contributed by atoms with E-state index in [9.17, 15) is 4.79 Å². The van der Waals surface area contributed by atoms with Crippen molar-refractivity contribution < 1.29 is 9.53 Å². The van der Waals surface area contributed by atoms with E-state index in [1.165, 1.54) is 11.8 Å². The van der Waals surface area contributed by atoms with Crippen molar-refractivity contribution in [2.45, 2.75) is 5.16 Å². The minimum atomic E-state index is -0.157. The van der Waals surface area contributed by atoms with Crippen LogP contribution in [0.15, 0.2) is 66.0 Å². The monoisotopic (exact) mass is 392 g/mol. The zero-order valence-electron chi connectivity index (χ0n) is 14.9. The number of methoxy groups -OCH3 is 1. The number of carbonyl (C=O) groups excluding carboxylic acids is 1. The Morgan fingerprint density at radius 2 is 2.04 bits per heavy atom. The fourth-order valence-corrected chi connectivity index (χ4v) is 3.44. The van der Waals surface area contributed by atoms with Crippen LogP contribution < -0.4 is 10.1 Å². The molecule has 0 bridgehead atoms. The normalized spacial score (nSPS) is 10.8. The van der Waals surface area contributed by atoms with Gasteiger partial charge in [-0.15, -0.1) is 5.10 Å². The van der Waals surface area contributed by atoms with Crippen molar-refractivity contribution in [3.63, 3.8) is 0 Å². The van der Waals surface area contributed by atoms with E-state index < -0.39 is 0 Å². The zero-order chi connectivity index (χ0) is 19.3. The second-order valence-electron chi connectivity index (χ2n) is 5.76. The standard InChI is InChI=1S/C19H16N6O2S/c1-27-17-10-3-2-9-16(17)25-19(22-23-24-25)28-12-18(26)21-15-8-4-7-14-13(15)6-5-11-20-14/h2-11H,12H2,1H3,(H,21,26). The van der Waals surface area contributed by atoms with E-state index in [1.807, 2.05) is 54.6 Å². The number of nitrogens with one attached hydrogen (secondary N) is 1. The molecule has 0 atom stereocenters. The smallest absolute Gasteiger partial charge is 0.234 e. The average Bonchev–Trinajstić information content (AvgIpc) is 3.21. The second-order valence-corrected chi connectivity index (χ2v) is 6.70. The third-order valence-corrected chi connectivity index (χ3v) is 4.93. The lowest BCUT2D eigenvalue weighted by molar-refractivity contribution is -0.113. The van der Waals surface area contributed by atoms with Gasteiger partial charge in [0.1, 0.15) is 11.4 Å². The third-order valence-electron chi connectivity index (χ3n) is 4.01. The molecule has 0 saturated heterocycles. The van der Waals surface area contributed by atoms with Crippen LogP contribution in [0.1, 0.15) is 0 Å². The number of ether oxygens (including phenoxy) is 1. The molecule has 0 aliphatic carbocycles. The van der Waals surface area contributed by atoms with Gasteiger partial charge in [-0.2, -0.15) is 4.68 Å². The Labute approximate surface area is 164 Å². The van der Waals surface area contributed by atoms with Gasteiger partial charge in [-0.05, 0) is 46.8 Å². The molecule has 0 spiro atoms. The number of amides is 1. The van der Waals surface area contributed by atoms with E-state index in [0.717, 1.165) is 16.6 Å². The molecule has 1 amide bonds. The van der Waals surface area contributed by atoms with Crippen molar-refractivity contribution in [2.75, 3.05) is 18.2 Å². The Kier molecular flexibility index (Phi) is 5.16. The van der Waals surface area contributed by atoms with Crippen molar-refractivity contribution >= 4 is 34.3 Å². The van der Waals surface area contributed by atoms with Gasteiger partial charge in [0.15, 0.2) is 0 Å². The van der Waals surface area contributed by atoms with Crippen molar-refractivity contribution in [2.24, 2.45) is 0 Å². The molecule has 0 aliphatic rings. The van der Waals surface area contributed by atoms with Crippen molar-refractivity contribution in [3.8, 4) is 11.4 Å². The number of thioether (sulfide) groups is 1. The lowest BCUT2D eigenvalue weighted by atomic mass is 10.2. The minimum absolute atomic E-state index is 0.157. The molecule has 2 heterocycles. The topological polar surface area (TPSA) is 94.8 Å². The largest absolute Gasteiger partial charge is 0.494 e. The van der Waals surface area contributed by atoms with Gasteiger partial charge in [-0.25, -0.2) is 0 Å². The fraction of sp³-hybridized carbons (Fsp3) is 0.105. The van der Waals surface area contributed by atoms with E-state index in [1.54, 1.807) is 18.0 Å². The van der Waals surface area contributed by atoms with Crippen LogP contribution in [0.3, 0.4) is 0 Å². The van der Waals surface area contributed by atoms with Gasteiger partial charge >= 0.3 is 0 Å². The Hall–Kier alpha value is -3.46. The van der Waals surface area contributed by atoms with Crippen LogP contribution in [0.4, 0.5) is 5.69 Å². The fourth-order valence-electron chi connectivity index (χ4n) is 2.75. The van der Waals surface area contributed by atoms with E-state index in [-0.39, 0.29) is 11.7 Å². The molecule has 0 fully saturated rings. The molecule has 0 saturated carbocycles. The summed E-state index contributed by atoms with van der Waals surface area (Å²) in [4.78, 5) is 16.8. The summed E-state index contributed by atoms with van der Waals surface area (Å²) >= 11 is 1.24. The number of hydrogen-bond donors (Lipinski definition) is 1. The third kappa shape index (κ3) is 3.65. The SMILES string of the molecule is COc1ccccc1-n1nnnc1SCC(=O)Nc1cccc2ncccc12. The summed E-state index contributed by atoms with van der Waals surface area (Å²) in [6, 6.07) is 16.8. The summed E-state index contributed by atoms with van der Waals surface area (Å²) in [6.07, 6.45) is 1.72. The van der Waals surface area contributed by atoms with Gasteiger partial charge in [-0.1, -0.05) is 30.0 Å². The molecule has 4 aromatic rings. The highest BCUT2D eigenvalue weighted by molar-refractivity contribution is 7.99. The number of tetrazole rings is 1. The molecular formula is C19H16N6O2S. The van der Waals surface area contributed by atoms with E-state index >= 15 is 0 Å². The first kappa shape index (κ1) is 17.9. The first-order chi connectivity index (χ1) is 13.8. The summed E-state index contributed by atoms with van der Waals surface area (Å²) in [6.45, 7) is 0. The van der Waals surface area contributed by atoms with Crippen molar-refractivity contribution in [1.29, 1.82) is 0 Å². The molecule has 1 N–H and O–H groups in total. The lowest BCUT2D eigenvalue weighted by Crippen LogP contribution is -2.15. The molecule has 4 rings (SSSR count). The van der Waals surface area contributed by atoms with Gasteiger partial charge in [0.05, 0.1) is 24.1 Å². The number of fused-ring (bicyclic) bond motifs is 1. The number of benzene rings is 2. The molecule has 0 aliphatic heterocycles. The Morgan fingerprint density at radius 1 is 1.14 bits per heavy atom. The number of nitrogens with zero attached hydrogens (tertiary/aromatic N) is 5. The molecule has 140 valence electrons. The summed E-state index contributed by atoms with van der Waals surface area (Å²) in [5, 5.41) is 16.1. The maximum atomic E-state index is 12.5. The first-order valence-electron chi connectivity index (χ1n) is 8.44. The number of pyridine rings is 1. The predicted octanol–water partition coefficient (Wildman–Crippen LogP) is 2.95. The maximum Gasteiger partial charge on any atom is 0.234 e. The van der Waals surface area contributed by atoms with Crippen LogP contribution in [-0.4, -0.2) is 44.0 Å². The van der Waals surface area contributed by atoms with E-state index in [2.05, 4.69) is 25.8 Å². The quantitative estimate of drug-likeness (QED) is 0.504. The molecule has 2 aromatic heterocycles. The van der Waals surface area contributed by atoms with Crippen LogP contribution in [0.25, 0.3) is 16.6 Å². The Morgan fingerprint density at radius 3 is 2.93 bits per heavy atom. The second kappa shape index (κ2) is 8.05. The number of hydrogen-bond acceptors (Lipinski definition) is 7. The van der Waals surface area contributed by atoms with Gasteiger partial charge < -0.3 is 10.1 Å². The highest BCUT2D eigenvalue weighted by Gasteiger charge is 2.15. The van der Waals surface area contributed by atoms with Crippen LogP contribution in [0.2, 0.25) is 0 Å². The highest BCUT2D eigenvalue weighted by atomic mass is 32.2. The van der Waals surface area contributed by atoms with Crippen LogP contribution >= 0.6 is 11.8 Å². The molecule has 9 heteroatoms. The molecule has 28 heavy (non-hydrogen) atoms. The Bertz CT molecular complexity index is 1120. The van der Waals surface area contributed by atoms with Crippen molar-refractivity contribution in [3.05, 3.63) is 60.8 Å². The average molecular weight is 392 g/mol. The summed E-state index contributed by atoms with van der Waals surface area (Å²) in [5.41, 5.74) is 2.26. The summed E-state index contributed by atoms with van der Waals surface area (Å²) in [7, 11) is 1.59. The number of para-hydroxylation sites is 2.